The Bertz CT molecular complexity index is 1050. The maximum atomic E-state index is 13.0. The van der Waals surface area contributed by atoms with Gasteiger partial charge in [-0.05, 0) is 12.5 Å². The molecule has 0 spiro atoms. The number of hydrogen-bond acceptors (Lipinski definition) is 9. The number of nitrogens with zero attached hydrogens (tertiary/aromatic N) is 5. The van der Waals surface area contributed by atoms with Gasteiger partial charge in [0.1, 0.15) is 5.82 Å². The summed E-state index contributed by atoms with van der Waals surface area (Å²) in [6.45, 7) is 6.74. The first-order valence-corrected chi connectivity index (χ1v) is 11.3. The molecule has 4 heterocycles. The predicted octanol–water partition coefficient (Wildman–Crippen LogP) is 0.884. The molecular weight excluding hydrogens is 422 g/mol. The number of amides is 1. The monoisotopic (exact) mass is 451 g/mol. The number of carbonyl (C=O) groups excluding carboxylic acids is 1. The average Bonchev–Trinajstić information content (AvgIpc) is 3.21. The van der Waals surface area contributed by atoms with E-state index in [1.165, 1.54) is 5.56 Å². The molecule has 1 aromatic heterocycles. The molecular formula is C23H29N7O3. The van der Waals surface area contributed by atoms with Gasteiger partial charge >= 0.3 is 0 Å². The third kappa shape index (κ3) is 4.68. The SMILES string of the molecule is Cc1cccc(/C=N/Nc2nc3c(c(N4CCOCC4)n2)CN(C(=O)C(N)C2COC2)C3)c1. The summed E-state index contributed by atoms with van der Waals surface area (Å²) in [5.41, 5.74) is 13.1. The third-order valence-electron chi connectivity index (χ3n) is 6.26. The Balaban J connectivity index is 1.37. The first kappa shape index (κ1) is 21.7. The number of anilines is 2. The molecule has 1 aromatic carbocycles. The summed E-state index contributed by atoms with van der Waals surface area (Å²) >= 11 is 0. The van der Waals surface area contributed by atoms with E-state index in [4.69, 9.17) is 20.2 Å². The van der Waals surface area contributed by atoms with Crippen LogP contribution in [0.5, 0.6) is 0 Å². The Morgan fingerprint density at radius 3 is 2.79 bits per heavy atom. The number of benzene rings is 1. The van der Waals surface area contributed by atoms with Crippen molar-refractivity contribution < 1.29 is 14.3 Å². The number of carbonyl (C=O) groups is 1. The van der Waals surface area contributed by atoms with Gasteiger partial charge in [-0.1, -0.05) is 29.8 Å². The molecule has 33 heavy (non-hydrogen) atoms. The highest BCUT2D eigenvalue weighted by Crippen LogP contribution is 2.32. The summed E-state index contributed by atoms with van der Waals surface area (Å²) in [5, 5.41) is 4.33. The van der Waals surface area contributed by atoms with Crippen molar-refractivity contribution in [3.8, 4) is 0 Å². The lowest BCUT2D eigenvalue weighted by Gasteiger charge is -2.32. The largest absolute Gasteiger partial charge is 0.381 e. The first-order valence-electron chi connectivity index (χ1n) is 11.3. The molecule has 5 rings (SSSR count). The molecule has 10 nitrogen and oxygen atoms in total. The van der Waals surface area contributed by atoms with E-state index in [-0.39, 0.29) is 11.8 Å². The maximum absolute atomic E-state index is 13.0. The minimum Gasteiger partial charge on any atom is -0.381 e. The molecule has 10 heteroatoms. The van der Waals surface area contributed by atoms with Crippen LogP contribution in [0, 0.1) is 12.8 Å². The highest BCUT2D eigenvalue weighted by Gasteiger charge is 2.37. The van der Waals surface area contributed by atoms with Crippen LogP contribution in [-0.4, -0.2) is 72.5 Å². The lowest BCUT2D eigenvalue weighted by molar-refractivity contribution is -0.140. The zero-order chi connectivity index (χ0) is 22.8. The lowest BCUT2D eigenvalue weighted by atomic mass is 9.98. The summed E-state index contributed by atoms with van der Waals surface area (Å²) < 4.78 is 10.7. The van der Waals surface area contributed by atoms with Crippen molar-refractivity contribution >= 4 is 23.9 Å². The number of ether oxygens (including phenoxy) is 2. The van der Waals surface area contributed by atoms with Crippen molar-refractivity contribution in [1.29, 1.82) is 0 Å². The molecule has 3 aliphatic heterocycles. The third-order valence-corrected chi connectivity index (χ3v) is 6.26. The highest BCUT2D eigenvalue weighted by molar-refractivity contribution is 5.83. The summed E-state index contributed by atoms with van der Waals surface area (Å²) in [7, 11) is 0. The van der Waals surface area contributed by atoms with Crippen LogP contribution in [0.2, 0.25) is 0 Å². The van der Waals surface area contributed by atoms with Crippen LogP contribution < -0.4 is 16.1 Å². The van der Waals surface area contributed by atoms with Crippen LogP contribution >= 0.6 is 0 Å². The van der Waals surface area contributed by atoms with Crippen LogP contribution in [-0.2, 0) is 27.4 Å². The van der Waals surface area contributed by atoms with Crippen LogP contribution in [0.3, 0.4) is 0 Å². The van der Waals surface area contributed by atoms with Gasteiger partial charge in [0, 0.05) is 24.6 Å². The van der Waals surface area contributed by atoms with E-state index < -0.39 is 6.04 Å². The minimum absolute atomic E-state index is 0.0683. The van der Waals surface area contributed by atoms with E-state index in [1.807, 2.05) is 31.2 Å². The second kappa shape index (κ2) is 9.42. The van der Waals surface area contributed by atoms with Gasteiger partial charge in [0.25, 0.3) is 0 Å². The van der Waals surface area contributed by atoms with E-state index in [2.05, 4.69) is 20.4 Å². The summed E-state index contributed by atoms with van der Waals surface area (Å²) in [6, 6.07) is 7.52. The summed E-state index contributed by atoms with van der Waals surface area (Å²) in [5.74, 6) is 1.25. The Labute approximate surface area is 192 Å². The number of nitrogens with one attached hydrogen (secondary N) is 1. The second-order valence-electron chi connectivity index (χ2n) is 8.70. The van der Waals surface area contributed by atoms with E-state index in [0.29, 0.717) is 45.5 Å². The minimum atomic E-state index is -0.551. The molecule has 1 amide bonds. The quantitative estimate of drug-likeness (QED) is 0.491. The number of hydrogen-bond donors (Lipinski definition) is 2. The van der Waals surface area contributed by atoms with Crippen LogP contribution in [0.1, 0.15) is 22.4 Å². The van der Waals surface area contributed by atoms with Gasteiger partial charge in [0.2, 0.25) is 11.9 Å². The smallest absolute Gasteiger partial charge is 0.245 e. The molecule has 0 saturated carbocycles. The summed E-state index contributed by atoms with van der Waals surface area (Å²) in [6.07, 6.45) is 1.74. The molecule has 174 valence electrons. The zero-order valence-electron chi connectivity index (χ0n) is 18.7. The molecule has 3 aliphatic rings. The molecule has 1 unspecified atom stereocenters. The van der Waals surface area contributed by atoms with Crippen molar-refractivity contribution in [3.05, 3.63) is 46.6 Å². The van der Waals surface area contributed by atoms with E-state index in [0.717, 1.165) is 35.7 Å². The highest BCUT2D eigenvalue weighted by atomic mass is 16.5. The Morgan fingerprint density at radius 2 is 2.06 bits per heavy atom. The molecule has 0 radical (unpaired) electrons. The van der Waals surface area contributed by atoms with Gasteiger partial charge < -0.3 is 25.0 Å². The zero-order valence-corrected chi connectivity index (χ0v) is 18.7. The van der Waals surface area contributed by atoms with Crippen LogP contribution in [0.25, 0.3) is 0 Å². The number of nitrogens with two attached hydrogens (primary N) is 1. The van der Waals surface area contributed by atoms with E-state index in [9.17, 15) is 4.79 Å². The normalized spacial score (nSPS) is 19.5. The standard InChI is InChI=1S/C23H29N7O3/c1-15-3-2-4-16(9-15)10-25-28-23-26-19-12-30(22(31)20(24)17-13-33-14-17)11-18(19)21(27-23)29-5-7-32-8-6-29/h2-4,9-10,17,20H,5-8,11-14,24H2,1H3,(H,26,27,28)/b25-10+. The predicted molar refractivity (Wildman–Crippen MR) is 124 cm³/mol. The lowest BCUT2D eigenvalue weighted by Crippen LogP contribution is -2.52. The van der Waals surface area contributed by atoms with Crippen LogP contribution in [0.15, 0.2) is 29.4 Å². The van der Waals surface area contributed by atoms with Crippen molar-refractivity contribution in [2.45, 2.75) is 26.1 Å². The van der Waals surface area contributed by atoms with Crippen molar-refractivity contribution in [3.63, 3.8) is 0 Å². The number of aryl methyl sites for hydroxylation is 1. The van der Waals surface area contributed by atoms with Gasteiger partial charge in [-0.2, -0.15) is 10.1 Å². The van der Waals surface area contributed by atoms with Crippen molar-refractivity contribution in [2.24, 2.45) is 16.8 Å². The number of rotatable bonds is 6. The molecule has 0 aliphatic carbocycles. The first-order chi connectivity index (χ1) is 16.1. The number of morpholine rings is 1. The Hall–Kier alpha value is -3.08. The Morgan fingerprint density at radius 1 is 1.24 bits per heavy atom. The fourth-order valence-electron chi connectivity index (χ4n) is 4.27. The van der Waals surface area contributed by atoms with Crippen LogP contribution in [0.4, 0.5) is 11.8 Å². The fraction of sp³-hybridized carbons (Fsp3) is 0.478. The van der Waals surface area contributed by atoms with Crippen molar-refractivity contribution in [2.75, 3.05) is 49.8 Å². The molecule has 2 saturated heterocycles. The average molecular weight is 452 g/mol. The van der Waals surface area contributed by atoms with Gasteiger partial charge in [-0.25, -0.2) is 10.4 Å². The molecule has 3 N–H and O–H groups in total. The van der Waals surface area contributed by atoms with Crippen molar-refractivity contribution in [1.82, 2.24) is 14.9 Å². The topological polar surface area (TPSA) is 118 Å². The van der Waals surface area contributed by atoms with E-state index >= 15 is 0 Å². The molecule has 1 atom stereocenters. The number of aromatic nitrogens is 2. The van der Waals surface area contributed by atoms with E-state index in [1.54, 1.807) is 11.1 Å². The van der Waals surface area contributed by atoms with Gasteiger partial charge in [0.15, 0.2) is 0 Å². The van der Waals surface area contributed by atoms with Gasteiger partial charge in [-0.3, -0.25) is 4.79 Å². The molecule has 2 aromatic rings. The number of hydrazone groups is 1. The second-order valence-corrected chi connectivity index (χ2v) is 8.70. The summed E-state index contributed by atoms with van der Waals surface area (Å²) in [4.78, 5) is 26.4. The van der Waals surface area contributed by atoms with Gasteiger partial charge in [-0.15, -0.1) is 0 Å². The molecule has 0 bridgehead atoms. The Kier molecular flexibility index (Phi) is 6.21. The number of fused-ring (bicyclic) bond motifs is 1. The fourth-order valence-corrected chi connectivity index (χ4v) is 4.27. The van der Waals surface area contributed by atoms with Gasteiger partial charge in [0.05, 0.1) is 57.5 Å². The maximum Gasteiger partial charge on any atom is 0.245 e. The molecule has 2 fully saturated rings.